The van der Waals surface area contributed by atoms with Crippen molar-refractivity contribution in [1.29, 1.82) is 0 Å². The highest BCUT2D eigenvalue weighted by Crippen LogP contribution is 2.41. The Labute approximate surface area is 294 Å². The van der Waals surface area contributed by atoms with Gasteiger partial charge in [0.05, 0.1) is 35.5 Å². The lowest BCUT2D eigenvalue weighted by Gasteiger charge is -2.54. The van der Waals surface area contributed by atoms with E-state index in [2.05, 4.69) is 59.8 Å². The number of carbonyl (C=O) groups excluding carboxylic acids is 1. The van der Waals surface area contributed by atoms with E-state index in [1.807, 2.05) is 6.92 Å². The van der Waals surface area contributed by atoms with Gasteiger partial charge in [-0.25, -0.2) is 4.98 Å². The highest BCUT2D eigenvalue weighted by atomic mass is 16.5. The van der Waals surface area contributed by atoms with Crippen molar-refractivity contribution in [2.45, 2.75) is 76.5 Å². The van der Waals surface area contributed by atoms with E-state index in [1.54, 1.807) is 37.7 Å². The van der Waals surface area contributed by atoms with E-state index in [0.717, 1.165) is 61.1 Å². The summed E-state index contributed by atoms with van der Waals surface area (Å²) in [5.41, 5.74) is 6.25. The molecule has 1 amide bonds. The van der Waals surface area contributed by atoms with Crippen molar-refractivity contribution in [1.82, 2.24) is 29.3 Å². The molecule has 0 atom stereocenters. The third-order valence-electron chi connectivity index (χ3n) is 11.8. The molecule has 50 heavy (non-hydrogen) atoms. The normalized spacial score (nSPS) is 23.2. The second kappa shape index (κ2) is 13.6. The number of nitrogens with zero attached hydrogens (tertiary/aromatic N) is 7. The molecule has 0 unspecified atom stereocenters. The zero-order valence-corrected chi connectivity index (χ0v) is 29.6. The molecule has 8 rings (SSSR count). The lowest BCUT2D eigenvalue weighted by Crippen LogP contribution is -2.60. The van der Waals surface area contributed by atoms with Gasteiger partial charge in [-0.1, -0.05) is 0 Å². The Balaban J connectivity index is 1.03. The molecule has 2 N–H and O–H groups in total. The number of likely N-dealkylation sites (tertiary alicyclic amines) is 2. The maximum Gasteiger partial charge on any atom is 0.258 e. The molecule has 11 heteroatoms. The number of amides is 1. The van der Waals surface area contributed by atoms with Crippen molar-refractivity contribution >= 4 is 28.6 Å². The molecule has 3 saturated heterocycles. The van der Waals surface area contributed by atoms with Crippen molar-refractivity contribution in [3.8, 4) is 17.0 Å². The molecule has 4 aliphatic rings. The topological polar surface area (TPSA) is 112 Å². The van der Waals surface area contributed by atoms with E-state index in [9.17, 15) is 9.90 Å². The van der Waals surface area contributed by atoms with Crippen LogP contribution in [0.2, 0.25) is 0 Å². The Morgan fingerprint density at radius 2 is 1.70 bits per heavy atom. The maximum absolute atomic E-state index is 13.9. The molecule has 1 saturated carbocycles. The van der Waals surface area contributed by atoms with Crippen LogP contribution in [0.25, 0.3) is 22.3 Å². The zero-order chi connectivity index (χ0) is 34.4. The van der Waals surface area contributed by atoms with E-state index in [0.29, 0.717) is 34.4 Å². The Hall–Kier alpha value is -4.06. The number of aliphatic hydroxyl groups excluding tert-OH is 1. The summed E-state index contributed by atoms with van der Waals surface area (Å²) in [7, 11) is 3.86. The van der Waals surface area contributed by atoms with Crippen molar-refractivity contribution in [3.05, 3.63) is 60.0 Å². The SMILES string of the molecule is COc1ccncc1-c1cc(C(=O)Nc2nc3ccc(N4CCC(N5CCC6(CC5)CN(C)C6)CC4)cc3n2C2CCC(O)CC2)cc(C)n1. The summed E-state index contributed by atoms with van der Waals surface area (Å²) in [5, 5.41) is 13.5. The van der Waals surface area contributed by atoms with Crippen LogP contribution < -0.4 is 15.0 Å². The van der Waals surface area contributed by atoms with E-state index in [1.165, 1.54) is 57.5 Å². The number of aliphatic hydroxyl groups is 1. The summed E-state index contributed by atoms with van der Waals surface area (Å²) in [6.07, 6.45) is 11.3. The number of carbonyl (C=O) groups is 1. The van der Waals surface area contributed by atoms with Crippen LogP contribution in [0, 0.1) is 12.3 Å². The number of benzene rings is 1. The molecule has 0 bridgehead atoms. The number of imidazole rings is 1. The van der Waals surface area contributed by atoms with Crippen LogP contribution in [0.1, 0.15) is 73.5 Å². The van der Waals surface area contributed by atoms with Gasteiger partial charge in [-0.2, -0.15) is 0 Å². The molecule has 1 aromatic carbocycles. The predicted octanol–water partition coefficient (Wildman–Crippen LogP) is 5.54. The third-order valence-corrected chi connectivity index (χ3v) is 11.8. The number of fused-ring (bicyclic) bond motifs is 1. The minimum Gasteiger partial charge on any atom is -0.496 e. The molecule has 1 spiro atoms. The van der Waals surface area contributed by atoms with Gasteiger partial charge in [-0.05, 0) is 120 Å². The van der Waals surface area contributed by atoms with E-state index in [4.69, 9.17) is 9.72 Å². The first-order chi connectivity index (χ1) is 24.3. The fourth-order valence-electron chi connectivity index (χ4n) is 9.18. The Kier molecular flexibility index (Phi) is 8.99. The Morgan fingerprint density at radius 3 is 2.42 bits per heavy atom. The number of nitrogens with one attached hydrogen (secondary N) is 1. The number of pyridine rings is 2. The number of ether oxygens (including phenoxy) is 1. The number of piperidine rings is 2. The number of aromatic nitrogens is 4. The molecule has 4 fully saturated rings. The van der Waals surface area contributed by atoms with Crippen LogP contribution in [-0.2, 0) is 0 Å². The number of anilines is 2. The minimum absolute atomic E-state index is 0.131. The summed E-state index contributed by atoms with van der Waals surface area (Å²) >= 11 is 0. The summed E-state index contributed by atoms with van der Waals surface area (Å²) in [5.74, 6) is 0.937. The van der Waals surface area contributed by atoms with E-state index >= 15 is 0 Å². The van der Waals surface area contributed by atoms with Gasteiger partial charge in [0.1, 0.15) is 5.75 Å². The molecule has 3 aromatic heterocycles. The molecular weight excluding hydrogens is 628 g/mol. The van der Waals surface area contributed by atoms with Crippen LogP contribution in [0.3, 0.4) is 0 Å². The average molecular weight is 679 g/mol. The minimum atomic E-state index is -0.279. The molecule has 0 radical (unpaired) electrons. The first-order valence-corrected chi connectivity index (χ1v) is 18.4. The van der Waals surface area contributed by atoms with Gasteiger partial charge in [-0.3, -0.25) is 20.1 Å². The maximum atomic E-state index is 13.9. The third kappa shape index (κ3) is 6.47. The standard InChI is InChI=1S/C39H50N8O3/c1-26-20-27(21-34(41-26)32-23-40-15-10-36(32)50-3)37(49)43-38-42-33-9-6-30(22-35(33)47(38)29-4-7-31(48)8-5-29)45-16-11-28(12-17-45)46-18-13-39(14-19-46)24-44(2)25-39/h6,9-10,15,20-23,28-29,31,48H,4-5,7-8,11-14,16-19,24-25H2,1-3H3,(H,42,43,49). The van der Waals surface area contributed by atoms with Gasteiger partial charge in [0.15, 0.2) is 0 Å². The number of hydrogen-bond donors (Lipinski definition) is 2. The Bertz CT molecular complexity index is 1840. The largest absolute Gasteiger partial charge is 0.496 e. The van der Waals surface area contributed by atoms with Crippen LogP contribution in [0.5, 0.6) is 5.75 Å². The van der Waals surface area contributed by atoms with Crippen molar-refractivity contribution in [3.63, 3.8) is 0 Å². The van der Waals surface area contributed by atoms with Crippen LogP contribution in [-0.4, -0.2) is 106 Å². The first-order valence-electron chi connectivity index (χ1n) is 18.4. The lowest BCUT2D eigenvalue weighted by molar-refractivity contribution is -0.0419. The van der Waals surface area contributed by atoms with E-state index in [-0.39, 0.29) is 18.1 Å². The fraction of sp³-hybridized carbons (Fsp3) is 0.538. The van der Waals surface area contributed by atoms with Gasteiger partial charge in [0, 0.05) is 67.6 Å². The van der Waals surface area contributed by atoms with Gasteiger partial charge < -0.3 is 29.1 Å². The Morgan fingerprint density at radius 1 is 0.940 bits per heavy atom. The quantitative estimate of drug-likeness (QED) is 0.261. The van der Waals surface area contributed by atoms with Crippen molar-refractivity contribution in [2.75, 3.05) is 63.6 Å². The summed E-state index contributed by atoms with van der Waals surface area (Å²) in [6, 6.07) is 12.7. The fourth-order valence-corrected chi connectivity index (χ4v) is 9.18. The molecule has 4 aromatic rings. The highest BCUT2D eigenvalue weighted by Gasteiger charge is 2.44. The number of rotatable bonds is 7. The monoisotopic (exact) mass is 678 g/mol. The second-order valence-electron chi connectivity index (χ2n) is 15.3. The first kappa shape index (κ1) is 33.1. The summed E-state index contributed by atoms with van der Waals surface area (Å²) < 4.78 is 7.76. The van der Waals surface area contributed by atoms with E-state index < -0.39 is 0 Å². The van der Waals surface area contributed by atoms with Gasteiger partial charge in [-0.15, -0.1) is 0 Å². The summed E-state index contributed by atoms with van der Waals surface area (Å²) in [4.78, 5) is 35.6. The van der Waals surface area contributed by atoms with Crippen LogP contribution in [0.15, 0.2) is 48.8 Å². The summed E-state index contributed by atoms with van der Waals surface area (Å²) in [6.45, 7) is 9.00. The van der Waals surface area contributed by atoms with Gasteiger partial charge in [0.2, 0.25) is 5.95 Å². The second-order valence-corrected chi connectivity index (χ2v) is 15.3. The highest BCUT2D eigenvalue weighted by molar-refractivity contribution is 6.05. The molecule has 11 nitrogen and oxygen atoms in total. The number of hydrogen-bond acceptors (Lipinski definition) is 9. The zero-order valence-electron chi connectivity index (χ0n) is 29.6. The molecular formula is C39H50N8O3. The van der Waals surface area contributed by atoms with Crippen LogP contribution in [0.4, 0.5) is 11.6 Å². The number of methoxy groups -OCH3 is 1. The molecule has 264 valence electrons. The van der Waals surface area contributed by atoms with Crippen molar-refractivity contribution in [2.24, 2.45) is 5.41 Å². The average Bonchev–Trinajstić information content (AvgIpc) is 3.48. The van der Waals surface area contributed by atoms with Gasteiger partial charge >= 0.3 is 0 Å². The van der Waals surface area contributed by atoms with Crippen molar-refractivity contribution < 1.29 is 14.6 Å². The predicted molar refractivity (Wildman–Crippen MR) is 196 cm³/mol. The smallest absolute Gasteiger partial charge is 0.258 e. The molecule has 6 heterocycles. The molecule has 3 aliphatic heterocycles. The lowest BCUT2D eigenvalue weighted by atomic mass is 9.72. The molecule has 1 aliphatic carbocycles. The number of aryl methyl sites for hydroxylation is 1. The van der Waals surface area contributed by atoms with Gasteiger partial charge in [0.25, 0.3) is 5.91 Å². The van der Waals surface area contributed by atoms with Crippen LogP contribution >= 0.6 is 0 Å².